The number of hydrogen-bond acceptors (Lipinski definition) is 9. The van der Waals surface area contributed by atoms with Crippen molar-refractivity contribution in [3.8, 4) is 5.75 Å². The largest absolute Gasteiger partial charge is 0.506 e. The van der Waals surface area contributed by atoms with Gasteiger partial charge in [0.2, 0.25) is 15.8 Å². The number of esters is 1. The molecule has 0 aliphatic rings. The molecule has 11 heteroatoms. The first kappa shape index (κ1) is 31.6. The Balaban J connectivity index is 1.41. The predicted octanol–water partition coefficient (Wildman–Crippen LogP) is 4.15. The quantitative estimate of drug-likeness (QED) is 0.108. The number of aromatic hydroxyl groups is 1. The lowest BCUT2D eigenvalue weighted by Gasteiger charge is -2.14. The summed E-state index contributed by atoms with van der Waals surface area (Å²) in [6.07, 6.45) is 9.39. The summed E-state index contributed by atoms with van der Waals surface area (Å²) in [5.74, 6) is 0.415. The SMILES string of the molecule is COC(=O)c1ccc(CCCCCCOCCCCCCNCC(O)c2ccc(O)c(NS(C)(=O)=O)c2)o1. The number of hydrogen-bond donors (Lipinski definition) is 4. The average molecular weight is 555 g/mol. The standard InChI is InChI=1S/C27H42N2O8S/c1-35-27(32)26-15-13-22(37-26)11-7-3-5-9-17-36-18-10-6-4-8-16-28-20-25(31)21-12-14-24(30)23(19-21)29-38(2,33)34/h12-15,19,25,28-31H,3-11,16-18,20H2,1-2H3. The molecule has 0 saturated carbocycles. The minimum Gasteiger partial charge on any atom is -0.506 e. The first-order valence-corrected chi connectivity index (χ1v) is 15.0. The maximum atomic E-state index is 11.4. The summed E-state index contributed by atoms with van der Waals surface area (Å²) in [6.45, 7) is 2.64. The third kappa shape index (κ3) is 12.8. The molecule has 4 N–H and O–H groups in total. The zero-order valence-corrected chi connectivity index (χ0v) is 23.2. The Morgan fingerprint density at radius 1 is 1.00 bits per heavy atom. The second-order valence-corrected chi connectivity index (χ2v) is 11.1. The van der Waals surface area contributed by atoms with Crippen molar-refractivity contribution in [1.29, 1.82) is 0 Å². The van der Waals surface area contributed by atoms with Crippen molar-refractivity contribution < 1.29 is 37.3 Å². The molecule has 2 rings (SSSR count). The number of aryl methyl sites for hydroxylation is 1. The molecule has 0 fully saturated rings. The van der Waals surface area contributed by atoms with Crippen molar-refractivity contribution >= 4 is 21.7 Å². The minimum absolute atomic E-state index is 0.0491. The first-order valence-electron chi connectivity index (χ1n) is 13.1. The van der Waals surface area contributed by atoms with Gasteiger partial charge in [0.05, 0.1) is 25.2 Å². The van der Waals surface area contributed by atoms with Gasteiger partial charge in [0, 0.05) is 26.2 Å². The van der Waals surface area contributed by atoms with E-state index in [9.17, 15) is 23.4 Å². The Labute approximate surface area is 225 Å². The van der Waals surface area contributed by atoms with Crippen molar-refractivity contribution in [2.45, 2.75) is 63.9 Å². The molecule has 0 radical (unpaired) electrons. The number of benzene rings is 1. The van der Waals surface area contributed by atoms with Crippen LogP contribution in [0, 0.1) is 0 Å². The molecule has 1 aromatic carbocycles. The van der Waals surface area contributed by atoms with Crippen molar-refractivity contribution in [2.24, 2.45) is 0 Å². The van der Waals surface area contributed by atoms with Gasteiger partial charge in [-0.25, -0.2) is 13.2 Å². The second kappa shape index (κ2) is 17.1. The van der Waals surface area contributed by atoms with Crippen LogP contribution in [-0.4, -0.2) is 64.3 Å². The zero-order valence-electron chi connectivity index (χ0n) is 22.4. The van der Waals surface area contributed by atoms with Crippen LogP contribution in [-0.2, 0) is 25.9 Å². The van der Waals surface area contributed by atoms with E-state index >= 15 is 0 Å². The smallest absolute Gasteiger partial charge is 0.373 e. The van der Waals surface area contributed by atoms with Crippen molar-refractivity contribution in [1.82, 2.24) is 5.32 Å². The summed E-state index contributed by atoms with van der Waals surface area (Å²) >= 11 is 0. The van der Waals surface area contributed by atoms with E-state index in [0.717, 1.165) is 89.6 Å². The molecular formula is C27H42N2O8S. The molecule has 0 bridgehead atoms. The van der Waals surface area contributed by atoms with Gasteiger partial charge in [-0.15, -0.1) is 0 Å². The fourth-order valence-corrected chi connectivity index (χ4v) is 4.45. The molecule has 0 aliphatic carbocycles. The minimum atomic E-state index is -3.53. The number of nitrogens with one attached hydrogen (secondary N) is 2. The van der Waals surface area contributed by atoms with E-state index < -0.39 is 22.1 Å². The zero-order chi connectivity index (χ0) is 27.8. The second-order valence-electron chi connectivity index (χ2n) is 9.32. The summed E-state index contributed by atoms with van der Waals surface area (Å²) < 4.78 is 40.9. The molecule has 214 valence electrons. The topological polar surface area (TPSA) is 147 Å². The van der Waals surface area contributed by atoms with Crippen LogP contribution in [0.25, 0.3) is 0 Å². The van der Waals surface area contributed by atoms with Crippen LogP contribution in [0.1, 0.15) is 79.3 Å². The number of rotatable bonds is 20. The number of anilines is 1. The highest BCUT2D eigenvalue weighted by Crippen LogP contribution is 2.27. The molecule has 0 amide bonds. The normalized spacial score (nSPS) is 12.4. The van der Waals surface area contributed by atoms with E-state index in [1.165, 1.54) is 19.2 Å². The summed E-state index contributed by atoms with van der Waals surface area (Å²) in [4.78, 5) is 11.4. The molecule has 38 heavy (non-hydrogen) atoms. The molecule has 2 aromatic rings. The van der Waals surface area contributed by atoms with E-state index in [0.29, 0.717) is 12.1 Å². The highest BCUT2D eigenvalue weighted by Gasteiger charge is 2.13. The highest BCUT2D eigenvalue weighted by molar-refractivity contribution is 7.92. The third-order valence-corrected chi connectivity index (χ3v) is 6.53. The average Bonchev–Trinajstić information content (AvgIpc) is 3.35. The Morgan fingerprint density at radius 3 is 2.37 bits per heavy atom. The van der Waals surface area contributed by atoms with Crippen LogP contribution < -0.4 is 10.0 Å². The molecule has 1 heterocycles. The Kier molecular flexibility index (Phi) is 14.2. The molecule has 0 saturated heterocycles. The van der Waals surface area contributed by atoms with Gasteiger partial charge < -0.3 is 29.4 Å². The Hall–Kier alpha value is -2.60. The highest BCUT2D eigenvalue weighted by atomic mass is 32.2. The molecule has 0 aliphatic heterocycles. The van der Waals surface area contributed by atoms with Gasteiger partial charge in [-0.05, 0) is 62.1 Å². The number of sulfonamides is 1. The van der Waals surface area contributed by atoms with E-state index in [4.69, 9.17) is 9.15 Å². The van der Waals surface area contributed by atoms with Gasteiger partial charge in [0.25, 0.3) is 0 Å². The number of carbonyl (C=O) groups excluding carboxylic acids is 1. The van der Waals surface area contributed by atoms with E-state index in [2.05, 4.69) is 14.8 Å². The van der Waals surface area contributed by atoms with Gasteiger partial charge in [0.1, 0.15) is 11.5 Å². The number of carbonyl (C=O) groups is 1. The molecule has 1 atom stereocenters. The van der Waals surface area contributed by atoms with E-state index in [1.807, 2.05) is 6.07 Å². The number of methoxy groups -OCH3 is 1. The van der Waals surface area contributed by atoms with Gasteiger partial charge in [-0.1, -0.05) is 31.7 Å². The number of aliphatic hydroxyl groups excluding tert-OH is 1. The molecule has 10 nitrogen and oxygen atoms in total. The summed E-state index contributed by atoms with van der Waals surface area (Å²) in [5, 5.41) is 23.4. The molecular weight excluding hydrogens is 512 g/mol. The van der Waals surface area contributed by atoms with Crippen LogP contribution in [0.5, 0.6) is 5.75 Å². The van der Waals surface area contributed by atoms with Gasteiger partial charge in [-0.3, -0.25) is 4.72 Å². The van der Waals surface area contributed by atoms with Crippen molar-refractivity contribution in [2.75, 3.05) is 44.4 Å². The molecule has 1 aromatic heterocycles. The lowest BCUT2D eigenvalue weighted by molar-refractivity contribution is 0.0563. The van der Waals surface area contributed by atoms with Gasteiger partial charge in [-0.2, -0.15) is 0 Å². The fraction of sp³-hybridized carbons (Fsp3) is 0.593. The lowest BCUT2D eigenvalue weighted by atomic mass is 10.1. The maximum absolute atomic E-state index is 11.4. The number of aliphatic hydroxyl groups is 1. The number of ether oxygens (including phenoxy) is 2. The summed E-state index contributed by atoms with van der Waals surface area (Å²) in [5.41, 5.74) is 0.568. The van der Waals surface area contributed by atoms with Crippen molar-refractivity contribution in [3.05, 3.63) is 47.4 Å². The van der Waals surface area contributed by atoms with Gasteiger partial charge >= 0.3 is 5.97 Å². The van der Waals surface area contributed by atoms with Crippen LogP contribution in [0.4, 0.5) is 5.69 Å². The van der Waals surface area contributed by atoms with Gasteiger partial charge in [0.15, 0.2) is 0 Å². The lowest BCUT2D eigenvalue weighted by Crippen LogP contribution is -2.22. The molecule has 1 unspecified atom stereocenters. The predicted molar refractivity (Wildman–Crippen MR) is 146 cm³/mol. The first-order chi connectivity index (χ1) is 18.2. The maximum Gasteiger partial charge on any atom is 0.373 e. The molecule has 0 spiro atoms. The van der Waals surface area contributed by atoms with Crippen LogP contribution in [0.15, 0.2) is 34.7 Å². The Bertz CT molecular complexity index is 1070. The van der Waals surface area contributed by atoms with E-state index in [1.54, 1.807) is 12.1 Å². The monoisotopic (exact) mass is 554 g/mol. The fourth-order valence-electron chi connectivity index (χ4n) is 3.89. The van der Waals surface area contributed by atoms with Crippen LogP contribution in [0.2, 0.25) is 0 Å². The van der Waals surface area contributed by atoms with Crippen LogP contribution in [0.3, 0.4) is 0 Å². The number of furan rings is 1. The van der Waals surface area contributed by atoms with Crippen LogP contribution >= 0.6 is 0 Å². The Morgan fingerprint density at radius 2 is 1.68 bits per heavy atom. The van der Waals surface area contributed by atoms with E-state index in [-0.39, 0.29) is 17.2 Å². The van der Waals surface area contributed by atoms with Crippen molar-refractivity contribution in [3.63, 3.8) is 0 Å². The summed E-state index contributed by atoms with van der Waals surface area (Å²) in [6, 6.07) is 7.84. The third-order valence-electron chi connectivity index (χ3n) is 5.94. The number of phenolic OH excluding ortho intramolecular Hbond substituents is 1. The number of unbranched alkanes of at least 4 members (excludes halogenated alkanes) is 6. The number of phenols is 1. The summed E-state index contributed by atoms with van der Waals surface area (Å²) in [7, 11) is -2.19.